The molecule has 4 heteroatoms. The van der Waals surface area contributed by atoms with E-state index in [-0.39, 0.29) is 10.8 Å². The van der Waals surface area contributed by atoms with Crippen molar-refractivity contribution in [1.82, 2.24) is 0 Å². The molecule has 0 aliphatic heterocycles. The Balaban J connectivity index is 3.95. The Hall–Kier alpha value is -1.42. The molecule has 0 aromatic rings. The Morgan fingerprint density at radius 3 is 1.23 bits per heavy atom. The summed E-state index contributed by atoms with van der Waals surface area (Å²) in [7, 11) is 0. The van der Waals surface area contributed by atoms with E-state index in [4.69, 9.17) is 0 Å². The maximum Gasteiger partial charge on any atom is 0.0689 e. The molecule has 22 heavy (non-hydrogen) atoms. The van der Waals surface area contributed by atoms with Gasteiger partial charge < -0.3 is 0 Å². The summed E-state index contributed by atoms with van der Waals surface area (Å²) in [6.45, 7) is 9.73. The van der Waals surface area contributed by atoms with Gasteiger partial charge in [0.15, 0.2) is 0 Å². The SMILES string of the molecule is CCC(C#N)(CC)CCCN=NCCCC(C#N)(CC)CC. The van der Waals surface area contributed by atoms with Gasteiger partial charge in [-0.25, -0.2) is 0 Å². The molecule has 0 bridgehead atoms. The largest absolute Gasteiger partial charge is 0.198 e. The van der Waals surface area contributed by atoms with Crippen molar-refractivity contribution in [3.63, 3.8) is 0 Å². The standard InChI is InChI=1S/C18H32N4/c1-5-17(6-2,15-19)11-9-13-21-22-14-10-12-18(7-3,8-4)16-20/h5-14H2,1-4H3. The van der Waals surface area contributed by atoms with E-state index in [0.717, 1.165) is 51.4 Å². The van der Waals surface area contributed by atoms with Gasteiger partial charge in [-0.05, 0) is 51.4 Å². The lowest BCUT2D eigenvalue weighted by Gasteiger charge is -2.22. The maximum absolute atomic E-state index is 9.27. The van der Waals surface area contributed by atoms with Gasteiger partial charge in [0.25, 0.3) is 0 Å². The summed E-state index contributed by atoms with van der Waals surface area (Å²) in [6.07, 6.45) is 7.26. The molecular weight excluding hydrogens is 272 g/mol. The lowest BCUT2D eigenvalue weighted by molar-refractivity contribution is 0.326. The second-order valence-electron chi connectivity index (χ2n) is 6.14. The monoisotopic (exact) mass is 304 g/mol. The van der Waals surface area contributed by atoms with Crippen LogP contribution in [0.15, 0.2) is 10.2 Å². The van der Waals surface area contributed by atoms with E-state index in [9.17, 15) is 10.5 Å². The summed E-state index contributed by atoms with van der Waals surface area (Å²) in [5, 5.41) is 26.9. The van der Waals surface area contributed by atoms with Crippen LogP contribution in [-0.4, -0.2) is 13.1 Å². The van der Waals surface area contributed by atoms with E-state index in [2.05, 4.69) is 50.1 Å². The molecule has 0 amide bonds. The summed E-state index contributed by atoms with van der Waals surface area (Å²) < 4.78 is 0. The number of nitrogens with zero attached hydrogens (tertiary/aromatic N) is 4. The van der Waals surface area contributed by atoms with E-state index >= 15 is 0 Å². The highest BCUT2D eigenvalue weighted by Gasteiger charge is 2.25. The third-order valence-corrected chi connectivity index (χ3v) is 5.11. The fourth-order valence-corrected chi connectivity index (χ4v) is 2.75. The Morgan fingerprint density at radius 2 is 1.00 bits per heavy atom. The summed E-state index contributed by atoms with van der Waals surface area (Å²) in [4.78, 5) is 0. The van der Waals surface area contributed by atoms with Crippen molar-refractivity contribution < 1.29 is 0 Å². The molecule has 4 nitrogen and oxygen atoms in total. The predicted octanol–water partition coefficient (Wildman–Crippen LogP) is 5.66. The predicted molar refractivity (Wildman–Crippen MR) is 90.3 cm³/mol. The summed E-state index contributed by atoms with van der Waals surface area (Å²) in [5.74, 6) is 0. The molecule has 0 aromatic heterocycles. The third kappa shape index (κ3) is 6.56. The van der Waals surface area contributed by atoms with Gasteiger partial charge in [-0.15, -0.1) is 0 Å². The fourth-order valence-electron chi connectivity index (χ4n) is 2.75. The quantitative estimate of drug-likeness (QED) is 0.345. The van der Waals surface area contributed by atoms with E-state index in [0.29, 0.717) is 13.1 Å². The van der Waals surface area contributed by atoms with Crippen molar-refractivity contribution in [2.45, 2.75) is 79.1 Å². The van der Waals surface area contributed by atoms with Gasteiger partial charge in [-0.2, -0.15) is 20.8 Å². The van der Waals surface area contributed by atoms with Crippen LogP contribution in [0, 0.1) is 33.5 Å². The van der Waals surface area contributed by atoms with Crippen molar-refractivity contribution in [1.29, 1.82) is 10.5 Å². The molecule has 0 N–H and O–H groups in total. The first kappa shape index (κ1) is 20.6. The second kappa shape index (κ2) is 11.2. The minimum atomic E-state index is -0.176. The normalized spacial score (nSPS) is 12.3. The summed E-state index contributed by atoms with van der Waals surface area (Å²) in [5.41, 5.74) is -0.353. The van der Waals surface area contributed by atoms with Gasteiger partial charge in [0.05, 0.1) is 36.1 Å². The van der Waals surface area contributed by atoms with Crippen LogP contribution in [0.1, 0.15) is 79.1 Å². The Bertz CT molecular complexity index is 354. The Labute approximate surface area is 136 Å². The molecule has 0 fully saturated rings. The maximum atomic E-state index is 9.27. The molecular formula is C18H32N4. The van der Waals surface area contributed by atoms with Gasteiger partial charge >= 0.3 is 0 Å². The van der Waals surface area contributed by atoms with Crippen molar-refractivity contribution in [2.24, 2.45) is 21.1 Å². The summed E-state index contributed by atoms with van der Waals surface area (Å²) >= 11 is 0. The molecule has 0 spiro atoms. The fraction of sp³-hybridized carbons (Fsp3) is 0.889. The van der Waals surface area contributed by atoms with Crippen molar-refractivity contribution in [2.75, 3.05) is 13.1 Å². The van der Waals surface area contributed by atoms with E-state index in [1.807, 2.05) is 0 Å². The highest BCUT2D eigenvalue weighted by molar-refractivity contribution is 4.97. The minimum absolute atomic E-state index is 0.176. The van der Waals surface area contributed by atoms with Crippen LogP contribution < -0.4 is 0 Å². The first-order valence-corrected chi connectivity index (χ1v) is 8.73. The molecule has 0 atom stereocenters. The van der Waals surface area contributed by atoms with Crippen molar-refractivity contribution in [3.8, 4) is 12.1 Å². The van der Waals surface area contributed by atoms with Crippen LogP contribution in [0.4, 0.5) is 0 Å². The van der Waals surface area contributed by atoms with Crippen molar-refractivity contribution in [3.05, 3.63) is 0 Å². The third-order valence-electron chi connectivity index (χ3n) is 5.11. The van der Waals surface area contributed by atoms with Gasteiger partial charge in [0.1, 0.15) is 0 Å². The molecule has 0 aliphatic carbocycles. The van der Waals surface area contributed by atoms with Gasteiger partial charge in [0.2, 0.25) is 0 Å². The molecule has 0 aliphatic rings. The molecule has 0 unspecified atom stereocenters. The first-order chi connectivity index (χ1) is 10.6. The topological polar surface area (TPSA) is 72.3 Å². The molecule has 0 aromatic carbocycles. The average Bonchev–Trinajstić information content (AvgIpc) is 2.58. The van der Waals surface area contributed by atoms with E-state index in [1.54, 1.807) is 0 Å². The number of azo groups is 1. The van der Waals surface area contributed by atoms with Gasteiger partial charge in [0, 0.05) is 0 Å². The highest BCUT2D eigenvalue weighted by Crippen LogP contribution is 2.31. The highest BCUT2D eigenvalue weighted by atomic mass is 15.1. The number of nitriles is 2. The van der Waals surface area contributed by atoms with Crippen LogP contribution in [-0.2, 0) is 0 Å². The van der Waals surface area contributed by atoms with Gasteiger partial charge in [-0.3, -0.25) is 0 Å². The zero-order valence-electron chi connectivity index (χ0n) is 14.9. The zero-order chi connectivity index (χ0) is 16.9. The number of rotatable bonds is 12. The van der Waals surface area contributed by atoms with E-state index in [1.165, 1.54) is 0 Å². The van der Waals surface area contributed by atoms with Crippen LogP contribution in [0.3, 0.4) is 0 Å². The number of hydrogen-bond donors (Lipinski definition) is 0. The Kier molecular flexibility index (Phi) is 10.5. The smallest absolute Gasteiger partial charge is 0.0689 e. The van der Waals surface area contributed by atoms with Crippen LogP contribution in [0.25, 0.3) is 0 Å². The van der Waals surface area contributed by atoms with Gasteiger partial charge in [-0.1, -0.05) is 27.7 Å². The van der Waals surface area contributed by atoms with Crippen LogP contribution in [0.2, 0.25) is 0 Å². The Morgan fingerprint density at radius 1 is 0.682 bits per heavy atom. The zero-order valence-corrected chi connectivity index (χ0v) is 14.9. The average molecular weight is 304 g/mol. The molecule has 0 heterocycles. The lowest BCUT2D eigenvalue weighted by Crippen LogP contribution is -2.16. The van der Waals surface area contributed by atoms with Crippen LogP contribution in [0.5, 0.6) is 0 Å². The second-order valence-corrected chi connectivity index (χ2v) is 6.14. The first-order valence-electron chi connectivity index (χ1n) is 8.73. The van der Waals surface area contributed by atoms with E-state index < -0.39 is 0 Å². The molecule has 0 rings (SSSR count). The lowest BCUT2D eigenvalue weighted by atomic mass is 9.80. The van der Waals surface area contributed by atoms with Crippen molar-refractivity contribution >= 4 is 0 Å². The minimum Gasteiger partial charge on any atom is -0.198 e. The number of hydrogen-bond acceptors (Lipinski definition) is 4. The molecule has 0 saturated carbocycles. The summed E-state index contributed by atoms with van der Waals surface area (Å²) in [6, 6.07) is 4.92. The molecule has 124 valence electrons. The molecule has 0 radical (unpaired) electrons. The van der Waals surface area contributed by atoms with Crippen LogP contribution >= 0.6 is 0 Å². The molecule has 0 saturated heterocycles.